The molecule has 0 bridgehead atoms. The molecule has 4 nitrogen and oxygen atoms in total. The summed E-state index contributed by atoms with van der Waals surface area (Å²) in [6, 6.07) is 10.4. The fraction of sp³-hybridized carbons (Fsp3) is 0.467. The van der Waals surface area contributed by atoms with E-state index >= 15 is 0 Å². The number of hydrogen-bond donors (Lipinski definition) is 0. The molecule has 2 heterocycles. The van der Waals surface area contributed by atoms with Gasteiger partial charge in [-0.05, 0) is 24.4 Å². The topological polar surface area (TPSA) is 34.0 Å². The van der Waals surface area contributed by atoms with Crippen LogP contribution in [0.5, 0.6) is 0 Å². The predicted molar refractivity (Wildman–Crippen MR) is 75.1 cm³/mol. The quantitative estimate of drug-likeness (QED) is 0.849. The van der Waals surface area contributed by atoms with E-state index in [9.17, 15) is 8.78 Å². The fourth-order valence-corrected chi connectivity index (χ4v) is 2.87. The van der Waals surface area contributed by atoms with Gasteiger partial charge in [-0.3, -0.25) is 4.90 Å². The van der Waals surface area contributed by atoms with Crippen molar-refractivity contribution in [1.82, 2.24) is 19.7 Å². The summed E-state index contributed by atoms with van der Waals surface area (Å²) in [6.07, 6.45) is 0.0382. The van der Waals surface area contributed by atoms with E-state index in [2.05, 4.69) is 39.2 Å². The normalized spacial score (nSPS) is 19.5. The molecular formula is C15H18F2N4. The zero-order valence-corrected chi connectivity index (χ0v) is 11.7. The molecule has 0 radical (unpaired) electrons. The molecule has 21 heavy (non-hydrogen) atoms. The molecule has 0 spiro atoms. The number of aromatic nitrogens is 3. The van der Waals surface area contributed by atoms with Crippen LogP contribution in [0.4, 0.5) is 8.78 Å². The lowest BCUT2D eigenvalue weighted by Gasteiger charge is -2.16. The van der Waals surface area contributed by atoms with E-state index in [1.165, 1.54) is 16.6 Å². The van der Waals surface area contributed by atoms with Gasteiger partial charge in [0.05, 0.1) is 6.54 Å². The lowest BCUT2D eigenvalue weighted by molar-refractivity contribution is 0.119. The summed E-state index contributed by atoms with van der Waals surface area (Å²) in [4.78, 5) is 6.36. The Hall–Kier alpha value is -1.82. The van der Waals surface area contributed by atoms with E-state index in [1.807, 2.05) is 6.07 Å². The number of nitrogens with zero attached hydrogens (tertiary/aromatic N) is 4. The van der Waals surface area contributed by atoms with Gasteiger partial charge in [0.1, 0.15) is 18.7 Å². The Kier molecular flexibility index (Phi) is 4.24. The van der Waals surface area contributed by atoms with Gasteiger partial charge in [0, 0.05) is 6.54 Å². The van der Waals surface area contributed by atoms with E-state index in [0.717, 1.165) is 19.5 Å². The first-order chi connectivity index (χ1) is 10.2. The van der Waals surface area contributed by atoms with Crippen molar-refractivity contribution in [3.8, 4) is 0 Å². The van der Waals surface area contributed by atoms with Gasteiger partial charge < -0.3 is 0 Å². The van der Waals surface area contributed by atoms with Gasteiger partial charge in [-0.1, -0.05) is 30.3 Å². The summed E-state index contributed by atoms with van der Waals surface area (Å²) >= 11 is 0. The van der Waals surface area contributed by atoms with Gasteiger partial charge in [-0.15, -0.1) is 0 Å². The molecule has 1 saturated heterocycles. The molecule has 0 saturated carbocycles. The van der Waals surface area contributed by atoms with Crippen LogP contribution in [0, 0.1) is 0 Å². The van der Waals surface area contributed by atoms with E-state index in [-0.39, 0.29) is 6.54 Å². The summed E-state index contributed by atoms with van der Waals surface area (Å²) in [5, 5.41) is 3.87. The second kappa shape index (κ2) is 6.30. The lowest BCUT2D eigenvalue weighted by atomic mass is 9.99. The SMILES string of the molecule is FC(F)Cn1ncnc1CN1CCC(c2ccccc2)C1. The molecule has 1 fully saturated rings. The minimum atomic E-state index is -2.40. The lowest BCUT2D eigenvalue weighted by Crippen LogP contribution is -2.23. The third kappa shape index (κ3) is 3.44. The van der Waals surface area contributed by atoms with Crippen LogP contribution in [0.15, 0.2) is 36.7 Å². The number of benzene rings is 1. The molecule has 0 amide bonds. The number of likely N-dealkylation sites (tertiary alicyclic amines) is 1. The van der Waals surface area contributed by atoms with Gasteiger partial charge in [-0.25, -0.2) is 18.4 Å². The highest BCUT2D eigenvalue weighted by molar-refractivity contribution is 5.21. The smallest absolute Gasteiger partial charge is 0.257 e. The standard InChI is InChI=1S/C15H18F2N4/c16-14(17)9-21-15(18-11-19-21)10-20-7-6-13(8-20)12-4-2-1-3-5-12/h1-5,11,13-14H,6-10H2. The molecule has 1 aromatic carbocycles. The Balaban J connectivity index is 1.61. The highest BCUT2D eigenvalue weighted by Gasteiger charge is 2.25. The largest absolute Gasteiger partial charge is 0.295 e. The van der Waals surface area contributed by atoms with E-state index in [0.29, 0.717) is 18.3 Å². The first-order valence-corrected chi connectivity index (χ1v) is 7.14. The average molecular weight is 292 g/mol. The summed E-state index contributed by atoms with van der Waals surface area (Å²) in [5.41, 5.74) is 1.34. The zero-order valence-electron chi connectivity index (χ0n) is 11.7. The van der Waals surface area contributed by atoms with Crippen LogP contribution >= 0.6 is 0 Å². The van der Waals surface area contributed by atoms with Crippen molar-refractivity contribution in [3.05, 3.63) is 48.0 Å². The summed E-state index contributed by atoms with van der Waals surface area (Å²) in [5.74, 6) is 1.13. The Morgan fingerprint density at radius 1 is 1.24 bits per heavy atom. The Bertz CT molecular complexity index is 570. The maximum absolute atomic E-state index is 12.5. The highest BCUT2D eigenvalue weighted by Crippen LogP contribution is 2.27. The van der Waals surface area contributed by atoms with Crippen LogP contribution in [-0.4, -0.2) is 39.2 Å². The fourth-order valence-electron chi connectivity index (χ4n) is 2.87. The molecule has 6 heteroatoms. The molecular weight excluding hydrogens is 274 g/mol. The first-order valence-electron chi connectivity index (χ1n) is 7.14. The molecule has 112 valence electrons. The van der Waals surface area contributed by atoms with E-state index < -0.39 is 6.43 Å². The number of hydrogen-bond acceptors (Lipinski definition) is 3. The maximum atomic E-state index is 12.5. The zero-order chi connectivity index (χ0) is 14.7. The van der Waals surface area contributed by atoms with Crippen LogP contribution in [-0.2, 0) is 13.1 Å². The van der Waals surface area contributed by atoms with Crippen LogP contribution in [0.1, 0.15) is 23.7 Å². The molecule has 0 N–H and O–H groups in total. The predicted octanol–water partition coefficient (Wildman–Crippen LogP) is 2.53. The van der Waals surface area contributed by atoms with Gasteiger partial charge >= 0.3 is 0 Å². The van der Waals surface area contributed by atoms with Gasteiger partial charge in [0.25, 0.3) is 6.43 Å². The molecule has 3 rings (SSSR count). The highest BCUT2D eigenvalue weighted by atomic mass is 19.3. The average Bonchev–Trinajstić information content (AvgIpc) is 3.10. The summed E-state index contributed by atoms with van der Waals surface area (Å²) < 4.78 is 26.3. The van der Waals surface area contributed by atoms with E-state index in [1.54, 1.807) is 0 Å². The number of alkyl halides is 2. The Morgan fingerprint density at radius 3 is 2.81 bits per heavy atom. The van der Waals surface area contributed by atoms with Gasteiger partial charge in [0.2, 0.25) is 0 Å². The van der Waals surface area contributed by atoms with Crippen molar-refractivity contribution in [2.24, 2.45) is 0 Å². The van der Waals surface area contributed by atoms with E-state index in [4.69, 9.17) is 0 Å². The van der Waals surface area contributed by atoms with Crippen molar-refractivity contribution in [1.29, 1.82) is 0 Å². The molecule has 2 aromatic rings. The molecule has 1 unspecified atom stereocenters. The molecule has 1 atom stereocenters. The second-order valence-corrected chi connectivity index (χ2v) is 5.38. The monoisotopic (exact) mass is 292 g/mol. The van der Waals surface area contributed by atoms with Crippen molar-refractivity contribution >= 4 is 0 Å². The van der Waals surface area contributed by atoms with Gasteiger partial charge in [0.15, 0.2) is 0 Å². The molecule has 1 aromatic heterocycles. The van der Waals surface area contributed by atoms with Crippen LogP contribution in [0.25, 0.3) is 0 Å². The van der Waals surface area contributed by atoms with Crippen LogP contribution in [0.3, 0.4) is 0 Å². The van der Waals surface area contributed by atoms with Crippen LogP contribution in [0.2, 0.25) is 0 Å². The summed E-state index contributed by atoms with van der Waals surface area (Å²) in [7, 11) is 0. The third-order valence-corrected chi connectivity index (χ3v) is 3.92. The number of rotatable bonds is 5. The second-order valence-electron chi connectivity index (χ2n) is 5.38. The minimum Gasteiger partial charge on any atom is -0.295 e. The van der Waals surface area contributed by atoms with Crippen LogP contribution < -0.4 is 0 Å². The minimum absolute atomic E-state index is 0.384. The summed E-state index contributed by atoms with van der Waals surface area (Å²) in [6.45, 7) is 2.09. The van der Waals surface area contributed by atoms with Crippen molar-refractivity contribution in [3.63, 3.8) is 0 Å². The van der Waals surface area contributed by atoms with Crippen molar-refractivity contribution in [2.75, 3.05) is 13.1 Å². The molecule has 1 aliphatic rings. The van der Waals surface area contributed by atoms with Crippen molar-refractivity contribution < 1.29 is 8.78 Å². The third-order valence-electron chi connectivity index (χ3n) is 3.92. The first kappa shape index (κ1) is 14.1. The van der Waals surface area contributed by atoms with Crippen molar-refractivity contribution in [2.45, 2.75) is 31.9 Å². The maximum Gasteiger partial charge on any atom is 0.257 e. The Morgan fingerprint density at radius 2 is 2.05 bits per heavy atom. The number of halogens is 2. The van der Waals surface area contributed by atoms with Gasteiger partial charge in [-0.2, -0.15) is 5.10 Å². The Labute approximate surface area is 122 Å². The molecule has 0 aliphatic carbocycles. The molecule has 1 aliphatic heterocycles.